The molecule has 9 nitrogen and oxygen atoms in total. The third kappa shape index (κ3) is 4.55. The number of aromatic nitrogens is 3. The first-order chi connectivity index (χ1) is 16.6. The van der Waals surface area contributed by atoms with Crippen molar-refractivity contribution >= 4 is 22.6 Å². The molecule has 1 N–H and O–H groups in total. The monoisotopic (exact) mass is 459 g/mol. The van der Waals surface area contributed by atoms with Gasteiger partial charge in [-0.2, -0.15) is 0 Å². The van der Waals surface area contributed by atoms with Crippen LogP contribution in [0.4, 0.5) is 5.82 Å². The number of ether oxygens (including phenoxy) is 1. The molecule has 1 saturated heterocycles. The highest BCUT2D eigenvalue weighted by Gasteiger charge is 2.14. The van der Waals surface area contributed by atoms with Gasteiger partial charge in [-0.3, -0.25) is 19.1 Å². The van der Waals surface area contributed by atoms with Crippen LogP contribution in [-0.2, 0) is 0 Å². The number of anilines is 1. The fraction of sp³-hybridized carbons (Fsp3) is 0.280. The van der Waals surface area contributed by atoms with Gasteiger partial charge in [-0.15, -0.1) is 0 Å². The van der Waals surface area contributed by atoms with E-state index < -0.39 is 0 Å². The van der Waals surface area contributed by atoms with E-state index in [4.69, 9.17) is 9.26 Å². The Balaban J connectivity index is 1.42. The second kappa shape index (κ2) is 9.48. The fourth-order valence-corrected chi connectivity index (χ4v) is 4.14. The van der Waals surface area contributed by atoms with E-state index in [1.54, 1.807) is 36.4 Å². The van der Waals surface area contributed by atoms with Crippen molar-refractivity contribution in [3.63, 3.8) is 0 Å². The number of hydrogen-bond donors (Lipinski definition) is 1. The maximum Gasteiger partial charge on any atom is 0.265 e. The van der Waals surface area contributed by atoms with E-state index in [9.17, 15) is 9.59 Å². The summed E-state index contributed by atoms with van der Waals surface area (Å²) in [6, 6.07) is 12.1. The molecule has 1 aliphatic heterocycles. The van der Waals surface area contributed by atoms with Crippen LogP contribution in [0, 0.1) is 6.92 Å². The smallest absolute Gasteiger partial charge is 0.265 e. The summed E-state index contributed by atoms with van der Waals surface area (Å²) in [7, 11) is 0. The number of carbonyl (C=O) groups excluding carboxylic acids is 1. The normalized spacial score (nSPS) is 13.9. The van der Waals surface area contributed by atoms with Crippen molar-refractivity contribution in [2.24, 2.45) is 0 Å². The van der Waals surface area contributed by atoms with Gasteiger partial charge in [-0.1, -0.05) is 11.2 Å². The molecule has 2 aromatic carbocycles. The van der Waals surface area contributed by atoms with Gasteiger partial charge in [0.1, 0.15) is 24.9 Å². The third-order valence-electron chi connectivity index (χ3n) is 6.01. The lowest BCUT2D eigenvalue weighted by Crippen LogP contribution is -2.25. The van der Waals surface area contributed by atoms with Crippen molar-refractivity contribution in [3.05, 3.63) is 76.5 Å². The molecular formula is C25H25N5O4. The molecule has 0 spiro atoms. The number of fused-ring (bicyclic) bond motifs is 1. The highest BCUT2D eigenvalue weighted by atomic mass is 16.5. The summed E-state index contributed by atoms with van der Waals surface area (Å²) in [6.07, 6.45) is 5.34. The maximum atomic E-state index is 13.4. The van der Waals surface area contributed by atoms with Crippen LogP contribution in [0.1, 0.15) is 28.8 Å². The average Bonchev–Trinajstić information content (AvgIpc) is 3.55. The van der Waals surface area contributed by atoms with Gasteiger partial charge in [0, 0.05) is 18.2 Å². The Morgan fingerprint density at radius 2 is 2.00 bits per heavy atom. The molecular weight excluding hydrogens is 434 g/mol. The molecule has 4 aromatic rings. The van der Waals surface area contributed by atoms with Crippen LogP contribution < -0.4 is 15.6 Å². The van der Waals surface area contributed by atoms with E-state index in [1.807, 2.05) is 13.0 Å². The Hall–Kier alpha value is -3.98. The number of likely N-dealkylation sites (tertiary alicyclic amines) is 1. The van der Waals surface area contributed by atoms with E-state index in [0.717, 1.165) is 25.2 Å². The van der Waals surface area contributed by atoms with Gasteiger partial charge in [0.25, 0.3) is 11.5 Å². The van der Waals surface area contributed by atoms with Crippen LogP contribution >= 0.6 is 0 Å². The number of hydrogen-bond acceptors (Lipinski definition) is 7. The van der Waals surface area contributed by atoms with Crippen LogP contribution in [0.3, 0.4) is 0 Å². The highest BCUT2D eigenvalue weighted by Crippen LogP contribution is 2.20. The zero-order valence-corrected chi connectivity index (χ0v) is 18.9. The first kappa shape index (κ1) is 21.8. The van der Waals surface area contributed by atoms with Crippen molar-refractivity contribution in [1.82, 2.24) is 19.6 Å². The molecule has 5 rings (SSSR count). The van der Waals surface area contributed by atoms with E-state index in [2.05, 4.69) is 20.4 Å². The Morgan fingerprint density at radius 1 is 1.15 bits per heavy atom. The summed E-state index contributed by atoms with van der Waals surface area (Å²) in [5.41, 5.74) is 2.15. The zero-order valence-electron chi connectivity index (χ0n) is 18.9. The fourth-order valence-electron chi connectivity index (χ4n) is 4.14. The minimum Gasteiger partial charge on any atom is -0.492 e. The number of carbonyl (C=O) groups is 1. The highest BCUT2D eigenvalue weighted by molar-refractivity contribution is 6.04. The molecule has 9 heteroatoms. The largest absolute Gasteiger partial charge is 0.492 e. The Bertz CT molecular complexity index is 1370. The van der Waals surface area contributed by atoms with Crippen molar-refractivity contribution in [3.8, 4) is 11.4 Å². The Morgan fingerprint density at radius 3 is 2.79 bits per heavy atom. The standard InChI is InChI=1S/C25H25N5O4/c1-17-4-5-18(24(31)27-23-8-12-34-28-23)14-22(17)30-16-26-21-7-6-19(15-20(21)25(30)32)33-13-11-29-9-2-3-10-29/h4-8,12,14-16H,2-3,9-11,13H2,1H3,(H,27,28,31). The van der Waals surface area contributed by atoms with Gasteiger partial charge < -0.3 is 14.6 Å². The molecule has 1 fully saturated rings. The molecule has 0 saturated carbocycles. The summed E-state index contributed by atoms with van der Waals surface area (Å²) in [4.78, 5) is 32.9. The van der Waals surface area contributed by atoms with Gasteiger partial charge in [-0.25, -0.2) is 4.98 Å². The number of nitrogens with one attached hydrogen (secondary N) is 1. The second-order valence-corrected chi connectivity index (χ2v) is 8.34. The maximum absolute atomic E-state index is 13.4. The Kier molecular flexibility index (Phi) is 6.09. The van der Waals surface area contributed by atoms with E-state index >= 15 is 0 Å². The predicted octanol–water partition coefficient (Wildman–Crippen LogP) is 3.41. The van der Waals surface area contributed by atoms with Gasteiger partial charge >= 0.3 is 0 Å². The molecule has 0 atom stereocenters. The second-order valence-electron chi connectivity index (χ2n) is 8.34. The third-order valence-corrected chi connectivity index (χ3v) is 6.01. The van der Waals surface area contributed by atoms with Crippen LogP contribution in [0.5, 0.6) is 5.75 Å². The Labute approximate surface area is 196 Å². The lowest BCUT2D eigenvalue weighted by molar-refractivity contribution is 0.102. The van der Waals surface area contributed by atoms with Gasteiger partial charge in [0.2, 0.25) is 0 Å². The first-order valence-electron chi connectivity index (χ1n) is 11.3. The van der Waals surface area contributed by atoms with E-state index in [1.165, 1.54) is 30.0 Å². The van der Waals surface area contributed by atoms with Crippen LogP contribution in [0.25, 0.3) is 16.6 Å². The summed E-state index contributed by atoms with van der Waals surface area (Å²) in [5, 5.41) is 6.81. The molecule has 0 unspecified atom stereocenters. The number of amides is 1. The summed E-state index contributed by atoms with van der Waals surface area (Å²) < 4.78 is 12.1. The molecule has 174 valence electrons. The number of nitrogens with zero attached hydrogens (tertiary/aromatic N) is 4. The molecule has 1 aliphatic rings. The minimum atomic E-state index is -0.356. The SMILES string of the molecule is Cc1ccc(C(=O)Nc2ccon2)cc1-n1cnc2ccc(OCCN3CCCC3)cc2c1=O. The summed E-state index contributed by atoms with van der Waals surface area (Å²) in [5.74, 6) is 0.598. The summed E-state index contributed by atoms with van der Waals surface area (Å²) in [6.45, 7) is 5.55. The molecule has 0 aliphatic carbocycles. The van der Waals surface area contributed by atoms with E-state index in [-0.39, 0.29) is 11.5 Å². The van der Waals surface area contributed by atoms with Crippen molar-refractivity contribution in [1.29, 1.82) is 0 Å². The van der Waals surface area contributed by atoms with Crippen molar-refractivity contribution < 1.29 is 14.1 Å². The average molecular weight is 460 g/mol. The topological polar surface area (TPSA) is 102 Å². The number of rotatable bonds is 7. The summed E-state index contributed by atoms with van der Waals surface area (Å²) >= 11 is 0. The molecule has 1 amide bonds. The molecule has 0 bridgehead atoms. The molecule has 0 radical (unpaired) electrons. The zero-order chi connectivity index (χ0) is 23.5. The quantitative estimate of drug-likeness (QED) is 0.452. The number of benzene rings is 2. The lowest BCUT2D eigenvalue weighted by atomic mass is 10.1. The number of aryl methyl sites for hydroxylation is 1. The molecule has 2 aromatic heterocycles. The van der Waals surface area contributed by atoms with Gasteiger partial charge in [0.15, 0.2) is 5.82 Å². The van der Waals surface area contributed by atoms with Crippen LogP contribution in [0.2, 0.25) is 0 Å². The van der Waals surface area contributed by atoms with Gasteiger partial charge in [0.05, 0.1) is 16.6 Å². The van der Waals surface area contributed by atoms with Crippen molar-refractivity contribution in [2.45, 2.75) is 19.8 Å². The van der Waals surface area contributed by atoms with Crippen LogP contribution in [-0.4, -0.2) is 51.8 Å². The van der Waals surface area contributed by atoms with E-state index in [0.29, 0.717) is 40.3 Å². The minimum absolute atomic E-state index is 0.229. The van der Waals surface area contributed by atoms with Crippen molar-refractivity contribution in [2.75, 3.05) is 31.6 Å². The van der Waals surface area contributed by atoms with Crippen LogP contribution in [0.15, 0.2) is 64.4 Å². The molecule has 34 heavy (non-hydrogen) atoms. The molecule has 3 heterocycles. The first-order valence-corrected chi connectivity index (χ1v) is 11.3. The van der Waals surface area contributed by atoms with Gasteiger partial charge in [-0.05, 0) is 68.8 Å². The lowest BCUT2D eigenvalue weighted by Gasteiger charge is -2.15. The predicted molar refractivity (Wildman–Crippen MR) is 128 cm³/mol.